The van der Waals surface area contributed by atoms with Crippen molar-refractivity contribution in [1.82, 2.24) is 19.2 Å². The Morgan fingerprint density at radius 3 is 2.47 bits per heavy atom. The van der Waals surface area contributed by atoms with E-state index in [0.717, 1.165) is 14.2 Å². The van der Waals surface area contributed by atoms with Gasteiger partial charge in [-0.2, -0.15) is 5.10 Å². The van der Waals surface area contributed by atoms with Gasteiger partial charge in [0.1, 0.15) is 0 Å². The van der Waals surface area contributed by atoms with Crippen LogP contribution in [0.4, 0.5) is 5.69 Å². The molecule has 1 N–H and O–H groups in total. The van der Waals surface area contributed by atoms with Crippen LogP contribution in [-0.2, 0) is 14.9 Å². The van der Waals surface area contributed by atoms with Crippen molar-refractivity contribution in [3.8, 4) is 10.6 Å². The molecule has 0 atom stereocenters. The van der Waals surface area contributed by atoms with Crippen molar-refractivity contribution in [3.05, 3.63) is 59.1 Å². The van der Waals surface area contributed by atoms with Crippen LogP contribution in [0.1, 0.15) is 35.1 Å². The van der Waals surface area contributed by atoms with E-state index in [1.54, 1.807) is 28.3 Å². The molecule has 178 valence electrons. The van der Waals surface area contributed by atoms with Gasteiger partial charge in [0.15, 0.2) is 5.65 Å². The molecular weight excluding hydrogens is 474 g/mol. The number of aryl methyl sites for hydroxylation is 1. The fourth-order valence-electron chi connectivity index (χ4n) is 3.44. The summed E-state index contributed by atoms with van der Waals surface area (Å²) in [5.41, 5.74) is 2.22. The first-order valence-electron chi connectivity index (χ1n) is 10.5. The van der Waals surface area contributed by atoms with Crippen molar-refractivity contribution in [2.24, 2.45) is 0 Å². The maximum atomic E-state index is 13.3. The fraction of sp³-hybridized carbons (Fsp3) is 0.261. The van der Waals surface area contributed by atoms with E-state index in [2.05, 4.69) is 10.4 Å². The average molecular weight is 500 g/mol. The van der Waals surface area contributed by atoms with Gasteiger partial charge in [0.05, 0.1) is 39.7 Å². The topological polar surface area (TPSA) is 106 Å². The predicted octanol–water partition coefficient (Wildman–Crippen LogP) is 4.48. The molecule has 3 heterocycles. The third-order valence-electron chi connectivity index (χ3n) is 5.30. The molecule has 9 nitrogen and oxygen atoms in total. The summed E-state index contributed by atoms with van der Waals surface area (Å²) >= 11 is 1.60. The molecule has 0 aliphatic rings. The zero-order chi connectivity index (χ0) is 24.6. The molecule has 11 heteroatoms. The van der Waals surface area contributed by atoms with Crippen molar-refractivity contribution in [2.45, 2.75) is 31.7 Å². The summed E-state index contributed by atoms with van der Waals surface area (Å²) in [5.74, 6) is -0.338. The number of carbonyl (C=O) groups is 1. The Hall–Kier alpha value is -3.12. The number of thiophene rings is 1. The molecule has 4 rings (SSSR count). The van der Waals surface area contributed by atoms with Crippen LogP contribution in [0, 0.1) is 6.92 Å². The van der Waals surface area contributed by atoms with Gasteiger partial charge < -0.3 is 5.32 Å². The van der Waals surface area contributed by atoms with Gasteiger partial charge in [-0.25, -0.2) is 18.1 Å². The van der Waals surface area contributed by atoms with Gasteiger partial charge in [0.2, 0.25) is 0 Å². The highest BCUT2D eigenvalue weighted by molar-refractivity contribution is 7.89. The Balaban J connectivity index is 1.71. The molecule has 0 fully saturated rings. The van der Waals surface area contributed by atoms with E-state index < -0.39 is 10.0 Å². The normalized spacial score (nSPS) is 12.1. The van der Waals surface area contributed by atoms with Gasteiger partial charge in [-0.1, -0.05) is 4.47 Å². The minimum atomic E-state index is -3.77. The van der Waals surface area contributed by atoms with Gasteiger partial charge in [-0.15, -0.1) is 11.3 Å². The Bertz CT molecular complexity index is 1460. The van der Waals surface area contributed by atoms with Crippen LogP contribution in [0.2, 0.25) is 0 Å². The zero-order valence-electron chi connectivity index (χ0n) is 19.4. The van der Waals surface area contributed by atoms with Crippen molar-refractivity contribution >= 4 is 44.0 Å². The predicted molar refractivity (Wildman–Crippen MR) is 132 cm³/mol. The van der Waals surface area contributed by atoms with Crippen LogP contribution in [0.5, 0.6) is 0 Å². The molecular formula is C23H25N5O4S2. The summed E-state index contributed by atoms with van der Waals surface area (Å²) in [5, 5.41) is 7.94. The maximum absolute atomic E-state index is 13.3. The van der Waals surface area contributed by atoms with Gasteiger partial charge in [-0.05, 0) is 63.2 Å². The number of hydrogen-bond donors (Lipinski definition) is 1. The molecule has 0 saturated carbocycles. The maximum Gasteiger partial charge on any atom is 0.264 e. The van der Waals surface area contributed by atoms with Crippen molar-refractivity contribution in [3.63, 3.8) is 0 Å². The number of amides is 1. The third kappa shape index (κ3) is 4.47. The number of nitrogens with zero attached hydrogens (tertiary/aromatic N) is 4. The van der Waals surface area contributed by atoms with E-state index in [1.165, 1.54) is 38.4 Å². The third-order valence-corrected chi connectivity index (χ3v) is 8.02. The first-order chi connectivity index (χ1) is 16.1. The molecule has 0 saturated heterocycles. The second kappa shape index (κ2) is 9.26. The first-order valence-corrected chi connectivity index (χ1v) is 12.8. The van der Waals surface area contributed by atoms with Gasteiger partial charge in [0, 0.05) is 23.7 Å². The van der Waals surface area contributed by atoms with Gasteiger partial charge in [0.25, 0.3) is 15.9 Å². The lowest BCUT2D eigenvalue weighted by molar-refractivity contribution is -0.0258. The quantitative estimate of drug-likeness (QED) is 0.376. The van der Waals surface area contributed by atoms with Crippen molar-refractivity contribution in [2.75, 3.05) is 19.5 Å². The number of sulfonamides is 1. The lowest BCUT2D eigenvalue weighted by atomic mass is 10.1. The highest BCUT2D eigenvalue weighted by Crippen LogP contribution is 2.31. The van der Waals surface area contributed by atoms with E-state index in [-0.39, 0.29) is 16.8 Å². The Morgan fingerprint density at radius 1 is 1.18 bits per heavy atom. The number of carbonyl (C=O) groups excluding carboxylic acids is 1. The Labute approximate surface area is 202 Å². The summed E-state index contributed by atoms with van der Waals surface area (Å²) in [7, 11) is -1.19. The molecule has 0 aliphatic carbocycles. The van der Waals surface area contributed by atoms with E-state index in [1.807, 2.05) is 32.9 Å². The molecule has 0 unspecified atom stereocenters. The largest absolute Gasteiger partial charge is 0.322 e. The van der Waals surface area contributed by atoms with E-state index >= 15 is 0 Å². The molecule has 0 aliphatic heterocycles. The van der Waals surface area contributed by atoms with Crippen LogP contribution in [0.15, 0.2) is 53.6 Å². The summed E-state index contributed by atoms with van der Waals surface area (Å²) in [6, 6.07) is 11.7. The monoisotopic (exact) mass is 499 g/mol. The average Bonchev–Trinajstić information content (AvgIpc) is 3.44. The number of hydrogen-bond acceptors (Lipinski definition) is 7. The van der Waals surface area contributed by atoms with E-state index in [0.29, 0.717) is 28.0 Å². The standard InChI is InChI=1S/C23H25N5O4S2/c1-14(2)28-22-19(13-24-28)18(12-20(26-22)21-11-6-15(3)33-21)23(29)25-16-7-9-17(10-8-16)34(30,31)27(4)32-5/h6-14H,1-5H3,(H,25,29). The van der Waals surface area contributed by atoms with Gasteiger partial charge in [-0.3, -0.25) is 9.63 Å². The van der Waals surface area contributed by atoms with E-state index in [4.69, 9.17) is 9.82 Å². The molecule has 3 aromatic heterocycles. The number of pyridine rings is 1. The summed E-state index contributed by atoms with van der Waals surface area (Å²) in [6.45, 7) is 6.03. The number of hydroxylamine groups is 1. The SMILES string of the molecule is CON(C)S(=O)(=O)c1ccc(NC(=O)c2cc(-c3ccc(C)s3)nc3c2cnn3C(C)C)cc1. The zero-order valence-corrected chi connectivity index (χ0v) is 21.1. The minimum Gasteiger partial charge on any atom is -0.322 e. The van der Waals surface area contributed by atoms with Crippen LogP contribution in [-0.4, -0.2) is 47.7 Å². The Morgan fingerprint density at radius 2 is 1.88 bits per heavy atom. The highest BCUT2D eigenvalue weighted by atomic mass is 32.2. The van der Waals surface area contributed by atoms with Crippen molar-refractivity contribution in [1.29, 1.82) is 0 Å². The molecule has 34 heavy (non-hydrogen) atoms. The highest BCUT2D eigenvalue weighted by Gasteiger charge is 2.22. The van der Waals surface area contributed by atoms with Crippen LogP contribution >= 0.6 is 11.3 Å². The van der Waals surface area contributed by atoms with Crippen LogP contribution in [0.25, 0.3) is 21.6 Å². The number of rotatable bonds is 7. The first kappa shape index (κ1) is 24.0. The number of anilines is 1. The number of benzene rings is 1. The fourth-order valence-corrected chi connectivity index (χ4v) is 5.24. The van der Waals surface area contributed by atoms with Crippen LogP contribution < -0.4 is 5.32 Å². The molecule has 0 radical (unpaired) electrons. The van der Waals surface area contributed by atoms with Crippen LogP contribution in [0.3, 0.4) is 0 Å². The van der Waals surface area contributed by atoms with Gasteiger partial charge >= 0.3 is 0 Å². The molecule has 1 amide bonds. The molecule has 0 bridgehead atoms. The number of nitrogens with one attached hydrogen (secondary N) is 1. The second-order valence-electron chi connectivity index (χ2n) is 7.96. The number of fused-ring (bicyclic) bond motifs is 1. The number of aromatic nitrogens is 3. The smallest absolute Gasteiger partial charge is 0.264 e. The second-order valence-corrected chi connectivity index (χ2v) is 11.2. The van der Waals surface area contributed by atoms with E-state index in [9.17, 15) is 13.2 Å². The lowest BCUT2D eigenvalue weighted by Crippen LogP contribution is -2.25. The lowest BCUT2D eigenvalue weighted by Gasteiger charge is -2.14. The molecule has 0 spiro atoms. The summed E-state index contributed by atoms with van der Waals surface area (Å²) in [4.78, 5) is 25.1. The molecule has 1 aromatic carbocycles. The molecule has 4 aromatic rings. The summed E-state index contributed by atoms with van der Waals surface area (Å²) in [6.07, 6.45) is 1.65. The van der Waals surface area contributed by atoms with Crippen molar-refractivity contribution < 1.29 is 18.0 Å². The summed E-state index contributed by atoms with van der Waals surface area (Å²) < 4.78 is 27.4. The minimum absolute atomic E-state index is 0.0507. The Kier molecular flexibility index (Phi) is 6.54.